The molecule has 1 N–H and O–H groups in total. The van der Waals surface area contributed by atoms with Crippen molar-refractivity contribution in [3.05, 3.63) is 41.3 Å². The molecule has 26 heavy (non-hydrogen) atoms. The van der Waals surface area contributed by atoms with E-state index in [1.54, 1.807) is 41.0 Å². The van der Waals surface area contributed by atoms with Crippen molar-refractivity contribution >= 4 is 17.8 Å². The van der Waals surface area contributed by atoms with Crippen LogP contribution in [0, 0.1) is 0 Å². The zero-order valence-electron chi connectivity index (χ0n) is 15.4. The number of hydrogen-bond donors (Lipinski definition) is 1. The van der Waals surface area contributed by atoms with E-state index in [-0.39, 0.29) is 12.0 Å². The number of aryl methyl sites for hydroxylation is 1. The zero-order valence-corrected chi connectivity index (χ0v) is 15.4. The first kappa shape index (κ1) is 17.9. The number of fused-ring (bicyclic) bond motifs is 1. The monoisotopic (exact) mass is 357 g/mol. The van der Waals surface area contributed by atoms with Crippen LogP contribution in [0.15, 0.2) is 24.4 Å². The molecule has 0 saturated heterocycles. The summed E-state index contributed by atoms with van der Waals surface area (Å²) >= 11 is 0. The van der Waals surface area contributed by atoms with E-state index in [0.29, 0.717) is 31.0 Å². The minimum absolute atomic E-state index is 0.295. The molecule has 2 aromatic rings. The summed E-state index contributed by atoms with van der Waals surface area (Å²) in [6.07, 6.45) is 1.84. The Morgan fingerprint density at radius 1 is 1.27 bits per heavy atom. The van der Waals surface area contributed by atoms with E-state index < -0.39 is 5.60 Å². The molecule has 0 fully saturated rings. The molecule has 0 spiro atoms. The van der Waals surface area contributed by atoms with Crippen molar-refractivity contribution in [1.82, 2.24) is 19.7 Å². The molecule has 2 amide bonds. The highest BCUT2D eigenvalue weighted by atomic mass is 16.6. The van der Waals surface area contributed by atoms with E-state index in [1.807, 2.05) is 20.8 Å². The number of aromatic nitrogens is 3. The van der Waals surface area contributed by atoms with Gasteiger partial charge < -0.3 is 15.0 Å². The first-order valence-corrected chi connectivity index (χ1v) is 8.49. The largest absolute Gasteiger partial charge is 0.444 e. The van der Waals surface area contributed by atoms with Crippen LogP contribution in [0.25, 0.3) is 0 Å². The summed E-state index contributed by atoms with van der Waals surface area (Å²) in [6.45, 7) is 6.31. The van der Waals surface area contributed by atoms with Gasteiger partial charge in [-0.25, -0.2) is 9.78 Å². The maximum atomic E-state index is 12.6. The number of ether oxygens (including phenoxy) is 1. The molecule has 0 bridgehead atoms. The molecule has 0 aliphatic carbocycles. The van der Waals surface area contributed by atoms with E-state index in [4.69, 9.17) is 4.74 Å². The first-order valence-electron chi connectivity index (χ1n) is 8.49. The summed E-state index contributed by atoms with van der Waals surface area (Å²) in [7, 11) is 1.81. The Morgan fingerprint density at radius 3 is 2.69 bits per heavy atom. The van der Waals surface area contributed by atoms with Crippen molar-refractivity contribution < 1.29 is 14.3 Å². The summed E-state index contributed by atoms with van der Waals surface area (Å²) in [5.41, 5.74) is 1.45. The number of amides is 2. The van der Waals surface area contributed by atoms with Crippen molar-refractivity contribution in [1.29, 1.82) is 0 Å². The average Bonchev–Trinajstić information content (AvgIpc) is 2.91. The lowest BCUT2D eigenvalue weighted by Gasteiger charge is -2.30. The predicted octanol–water partition coefficient (Wildman–Crippen LogP) is 2.36. The second-order valence-corrected chi connectivity index (χ2v) is 7.22. The number of nitrogens with zero attached hydrogens (tertiary/aromatic N) is 4. The number of rotatable bonds is 2. The lowest BCUT2D eigenvalue weighted by molar-refractivity contribution is 0.0222. The molecule has 2 aromatic heterocycles. The number of carbonyl (C=O) groups is 2. The molecule has 3 rings (SSSR count). The van der Waals surface area contributed by atoms with Crippen molar-refractivity contribution in [2.24, 2.45) is 7.05 Å². The Balaban J connectivity index is 1.81. The van der Waals surface area contributed by atoms with Crippen molar-refractivity contribution in [3.63, 3.8) is 0 Å². The van der Waals surface area contributed by atoms with Crippen LogP contribution in [0.3, 0.4) is 0 Å². The highest BCUT2D eigenvalue weighted by Crippen LogP contribution is 2.24. The maximum absolute atomic E-state index is 12.6. The van der Waals surface area contributed by atoms with Gasteiger partial charge in [-0.2, -0.15) is 5.10 Å². The van der Waals surface area contributed by atoms with E-state index in [9.17, 15) is 9.59 Å². The van der Waals surface area contributed by atoms with Gasteiger partial charge in [0.05, 0.1) is 6.54 Å². The molecule has 8 nitrogen and oxygen atoms in total. The van der Waals surface area contributed by atoms with Crippen LogP contribution in [-0.4, -0.2) is 43.8 Å². The van der Waals surface area contributed by atoms with E-state index in [2.05, 4.69) is 15.4 Å². The minimum Gasteiger partial charge on any atom is -0.444 e. The van der Waals surface area contributed by atoms with Crippen molar-refractivity contribution in [2.75, 3.05) is 11.9 Å². The number of pyridine rings is 1. The first-order chi connectivity index (χ1) is 12.2. The molecule has 1 aliphatic heterocycles. The fraction of sp³-hybridized carbons (Fsp3) is 0.444. The number of anilines is 1. The molecule has 3 heterocycles. The lowest BCUT2D eigenvalue weighted by atomic mass is 10.1. The van der Waals surface area contributed by atoms with Gasteiger partial charge in [0, 0.05) is 37.5 Å². The molecule has 8 heteroatoms. The van der Waals surface area contributed by atoms with Gasteiger partial charge >= 0.3 is 6.09 Å². The standard InChI is InChI=1S/C18H23N5O3/c1-18(2,3)26-17(25)23-10-8-13-12(11-23)15(21-22(13)4)16(24)20-14-7-5-6-9-19-14/h5-7,9H,8,10-11H2,1-4H3,(H,19,20,24). The van der Waals surface area contributed by atoms with Crippen LogP contribution in [-0.2, 0) is 24.8 Å². The minimum atomic E-state index is -0.564. The summed E-state index contributed by atoms with van der Waals surface area (Å²) in [6, 6.07) is 5.28. The van der Waals surface area contributed by atoms with E-state index >= 15 is 0 Å². The van der Waals surface area contributed by atoms with Crippen LogP contribution in [0.4, 0.5) is 10.6 Å². The molecule has 1 aliphatic rings. The summed E-state index contributed by atoms with van der Waals surface area (Å²) < 4.78 is 7.15. The van der Waals surface area contributed by atoms with Gasteiger partial charge in [0.15, 0.2) is 5.69 Å². The molecular formula is C18H23N5O3. The summed E-state index contributed by atoms with van der Waals surface area (Å²) in [4.78, 5) is 30.7. The van der Waals surface area contributed by atoms with Gasteiger partial charge in [-0.1, -0.05) is 6.07 Å². The zero-order chi connectivity index (χ0) is 18.9. The molecular weight excluding hydrogens is 334 g/mol. The molecule has 0 saturated carbocycles. The Hall–Kier alpha value is -2.90. The number of hydrogen-bond acceptors (Lipinski definition) is 5. The Morgan fingerprint density at radius 2 is 2.04 bits per heavy atom. The quantitative estimate of drug-likeness (QED) is 0.891. The van der Waals surface area contributed by atoms with Gasteiger partial charge in [-0.3, -0.25) is 9.48 Å². The SMILES string of the molecule is Cn1nc(C(=O)Nc2ccccn2)c2c1CCN(C(=O)OC(C)(C)C)C2. The number of nitrogens with one attached hydrogen (secondary N) is 1. The molecule has 0 unspecified atom stereocenters. The molecule has 138 valence electrons. The summed E-state index contributed by atoms with van der Waals surface area (Å²) in [5.74, 6) is 0.114. The third kappa shape index (κ3) is 3.84. The second kappa shape index (κ2) is 6.78. The van der Waals surface area contributed by atoms with Crippen molar-refractivity contribution in [2.45, 2.75) is 39.3 Å². The van der Waals surface area contributed by atoms with Gasteiger partial charge in [-0.15, -0.1) is 0 Å². The maximum Gasteiger partial charge on any atom is 0.410 e. The highest BCUT2D eigenvalue weighted by Gasteiger charge is 2.31. The third-order valence-corrected chi connectivity index (χ3v) is 4.02. The topological polar surface area (TPSA) is 89.4 Å². The van der Waals surface area contributed by atoms with Gasteiger partial charge in [0.25, 0.3) is 5.91 Å². The Bertz CT molecular complexity index is 823. The number of carbonyl (C=O) groups excluding carboxylic acids is 2. The van der Waals surface area contributed by atoms with E-state index in [0.717, 1.165) is 11.3 Å². The van der Waals surface area contributed by atoms with Gasteiger partial charge in [0.2, 0.25) is 0 Å². The second-order valence-electron chi connectivity index (χ2n) is 7.22. The highest BCUT2D eigenvalue weighted by molar-refractivity contribution is 6.03. The van der Waals surface area contributed by atoms with Gasteiger partial charge in [0.1, 0.15) is 11.4 Å². The average molecular weight is 357 g/mol. The molecule has 0 atom stereocenters. The van der Waals surface area contributed by atoms with Crippen LogP contribution >= 0.6 is 0 Å². The third-order valence-electron chi connectivity index (χ3n) is 4.02. The summed E-state index contributed by atoms with van der Waals surface area (Å²) in [5, 5.41) is 7.10. The Kier molecular flexibility index (Phi) is 4.67. The van der Waals surface area contributed by atoms with E-state index in [1.165, 1.54) is 0 Å². The van der Waals surface area contributed by atoms with Crippen LogP contribution in [0.5, 0.6) is 0 Å². The van der Waals surface area contributed by atoms with Crippen molar-refractivity contribution in [3.8, 4) is 0 Å². The van der Waals surface area contributed by atoms with Crippen LogP contribution < -0.4 is 5.32 Å². The normalized spacial score (nSPS) is 13.9. The van der Waals surface area contributed by atoms with Crippen LogP contribution in [0.1, 0.15) is 42.5 Å². The fourth-order valence-corrected chi connectivity index (χ4v) is 2.87. The molecule has 0 radical (unpaired) electrons. The smallest absolute Gasteiger partial charge is 0.410 e. The van der Waals surface area contributed by atoms with Gasteiger partial charge in [-0.05, 0) is 32.9 Å². The predicted molar refractivity (Wildman–Crippen MR) is 95.7 cm³/mol. The Labute approximate surface area is 152 Å². The molecule has 0 aromatic carbocycles. The fourth-order valence-electron chi connectivity index (χ4n) is 2.87. The lowest BCUT2D eigenvalue weighted by Crippen LogP contribution is -2.40. The van der Waals surface area contributed by atoms with Crippen LogP contribution in [0.2, 0.25) is 0 Å².